The lowest BCUT2D eigenvalue weighted by Gasteiger charge is -2.30. The fourth-order valence-corrected chi connectivity index (χ4v) is 14.4. The van der Waals surface area contributed by atoms with Crippen molar-refractivity contribution in [3.63, 3.8) is 0 Å². The molecule has 9 amide bonds. The number of benzene rings is 4. The van der Waals surface area contributed by atoms with Crippen molar-refractivity contribution in [2.45, 2.75) is 149 Å². The number of fused-ring (bicyclic) bond motifs is 25. The monoisotopic (exact) mass is 1760 g/mol. The quantitative estimate of drug-likeness (QED) is 0.0559. The minimum Gasteiger partial charge on any atom is -0.492 e. The van der Waals surface area contributed by atoms with Crippen LogP contribution >= 0.6 is 0 Å². The summed E-state index contributed by atoms with van der Waals surface area (Å²) in [5.74, 6) is 5.44. The van der Waals surface area contributed by atoms with Gasteiger partial charge >= 0.3 is 36.0 Å². The Morgan fingerprint density at radius 3 is 1.86 bits per heavy atom. The molecule has 12 bridgehead atoms. The molecule has 5 aromatic heterocycles. The lowest BCUT2D eigenvalue weighted by molar-refractivity contribution is -0.144. The van der Waals surface area contributed by atoms with Crippen LogP contribution in [-0.2, 0) is 103 Å². The van der Waals surface area contributed by atoms with Gasteiger partial charge in [-0.1, -0.05) is 109 Å². The summed E-state index contributed by atoms with van der Waals surface area (Å²) >= 11 is 0. The number of urea groups is 1. The molecule has 0 aliphatic carbocycles. The van der Waals surface area contributed by atoms with Crippen LogP contribution in [0.4, 0.5) is 30.9 Å². The maximum atomic E-state index is 14.9. The lowest BCUT2D eigenvalue weighted by Crippen LogP contribution is -2.55. The van der Waals surface area contributed by atoms with Gasteiger partial charge in [0.15, 0.2) is 45.5 Å². The maximum absolute atomic E-state index is 14.9. The van der Waals surface area contributed by atoms with Crippen molar-refractivity contribution in [2.75, 3.05) is 69.5 Å². The second-order valence-corrected chi connectivity index (χ2v) is 31.0. The molecule has 0 radical (unpaired) electrons. The molecule has 0 spiro atoms. The van der Waals surface area contributed by atoms with E-state index in [0.717, 1.165) is 42.1 Å². The minimum atomic E-state index is -1.43. The van der Waals surface area contributed by atoms with Gasteiger partial charge in [0.25, 0.3) is 5.56 Å². The van der Waals surface area contributed by atoms with E-state index in [0.29, 0.717) is 59.9 Å². The van der Waals surface area contributed by atoms with Crippen molar-refractivity contribution in [3.05, 3.63) is 206 Å². The average Bonchev–Trinajstić information content (AvgIpc) is 1.10. The summed E-state index contributed by atoms with van der Waals surface area (Å²) in [5.41, 5.74) is 2.17. The average molecular weight is 1760 g/mol. The summed E-state index contributed by atoms with van der Waals surface area (Å²) in [6.45, 7) is -5.17. The first-order valence-corrected chi connectivity index (χ1v) is 41.9. The van der Waals surface area contributed by atoms with Crippen molar-refractivity contribution in [1.82, 2.24) is 83.3 Å². The minimum absolute atomic E-state index is 0.00513. The number of anilines is 2. The third-order valence-corrected chi connectivity index (χ3v) is 21.2. The normalized spacial score (nSPS) is 17.0. The Bertz CT molecular complexity index is 5950. The van der Waals surface area contributed by atoms with E-state index in [9.17, 15) is 82.1 Å². The second kappa shape index (κ2) is 45.4. The van der Waals surface area contributed by atoms with Gasteiger partial charge in [0, 0.05) is 100 Å². The highest BCUT2D eigenvalue weighted by Crippen LogP contribution is 2.25. The molecule has 39 heteroatoms. The van der Waals surface area contributed by atoms with E-state index in [2.05, 4.69) is 74.9 Å². The van der Waals surface area contributed by atoms with E-state index < -0.39 is 153 Å². The number of aromatic hydroxyl groups is 1. The molecule has 129 heavy (non-hydrogen) atoms. The Hall–Kier alpha value is -15.6. The van der Waals surface area contributed by atoms with Crippen molar-refractivity contribution in [1.29, 1.82) is 0 Å². The molecule has 39 nitrogen and oxygen atoms in total. The lowest BCUT2D eigenvalue weighted by atomic mass is 9.92. The standard InChI is InChI=1S/C90H95N19O20/c1-60-44-106-50-74(115)104(53-77(118)119)42-15-29-71(113)48-103(76(117)52-108-59-94-79-82(108)98-85(99-83(79)120)100-89(125)129-55-66-20-6-3-7-21-66)41-14-28-70(112)47-102-40-13-27-69(111)46-101(73(114)49-105-43-38-72(95-86(105)122)96-87(123)127-54-65-18-4-2-5-19-65)39-12-26-68(110)25-11-24-61(16-8-9-17-62-30-34-64(35-31-62)45-109(84(60)121)90(106)126)22-10-23-63-32-36-67(37-33-63)56-128-88(124)97-80-78-81(92-57-91-80)107(58-93-78)51-75(102)116/h2-7,18-21,30-38,43-44,57-59,61,72H,8,11-16,22,24-29,39-42,45-56H2,1H3,(H,95,122)(H,96,123)(H,118,119)(H,91,92,97,124)(H2,98,99,100,120,125). The largest absolute Gasteiger partial charge is 0.492 e. The van der Waals surface area contributed by atoms with Gasteiger partial charge < -0.3 is 58.5 Å². The van der Waals surface area contributed by atoms with Gasteiger partial charge in [0.2, 0.25) is 35.5 Å². The van der Waals surface area contributed by atoms with Crippen LogP contribution in [-0.4, -0.2) is 225 Å². The molecule has 14 rings (SSSR count). The number of nitrogens with zero attached hydrogens (tertiary/aromatic N) is 15. The van der Waals surface area contributed by atoms with E-state index in [-0.39, 0.29) is 156 Å². The number of carboxylic acids is 1. The highest BCUT2D eigenvalue weighted by molar-refractivity contribution is 5.95. The fourth-order valence-electron chi connectivity index (χ4n) is 14.4. The number of carboxylic acid groups (broad SMARTS) is 1. The molecular weight excluding hydrogens is 1670 g/mol. The van der Waals surface area contributed by atoms with Crippen LogP contribution in [0.1, 0.15) is 129 Å². The number of ketones is 4. The smallest absolute Gasteiger partial charge is 0.414 e. The first kappa shape index (κ1) is 92.6. The number of carbonyl (C=O) groups is 13. The number of nitrogens with one attached hydrogen (secondary N) is 4. The van der Waals surface area contributed by atoms with E-state index in [4.69, 9.17) is 14.2 Å². The number of ether oxygens (including phenoxy) is 3. The van der Waals surface area contributed by atoms with E-state index in [1.54, 1.807) is 103 Å². The van der Waals surface area contributed by atoms with Crippen LogP contribution < -0.4 is 32.5 Å². The van der Waals surface area contributed by atoms with Gasteiger partial charge in [-0.05, 0) is 110 Å². The number of carbonyl (C=O) groups excluding carboxylic acids is 12. The SMILES string of the molecule is Cc1cn2c(=O)n(c1=O)Cc1ccc(cc1)C#CCCC1CC#Cc3ccc(cc3)COC(=O)Nc3ncnc4c3ncn4CC(=O)N(CCCC(=O)CN(C(=O)CN3C=CC(NC(=O)OCc4ccccc4)NC3=O)CCCC(=O)CCC1)CC(=O)CCCN(C(=O)Cn1cnc3c(O)nc(NC(=O)OCc4ccccc4)nc31)CC(=O)CCCN(CC(=O)O)C(=O)C2. The number of hydrogen-bond acceptors (Lipinski definition) is 25. The van der Waals surface area contributed by atoms with Crippen LogP contribution in [0.15, 0.2) is 156 Å². The van der Waals surface area contributed by atoms with Crippen molar-refractivity contribution in [2.24, 2.45) is 5.92 Å². The second-order valence-electron chi connectivity index (χ2n) is 31.0. The molecule has 0 saturated carbocycles. The van der Waals surface area contributed by atoms with E-state index >= 15 is 0 Å². The van der Waals surface area contributed by atoms with Crippen molar-refractivity contribution < 1.29 is 86.8 Å². The number of aliphatic carboxylic acids is 1. The molecule has 0 saturated heterocycles. The Labute approximate surface area is 738 Å². The number of Topliss-reactive ketones (excluding diaryl/α,β-unsaturated/α-hetero) is 4. The van der Waals surface area contributed by atoms with Gasteiger partial charge in [-0.2, -0.15) is 9.97 Å². The molecule has 10 heterocycles. The van der Waals surface area contributed by atoms with Crippen LogP contribution in [0, 0.1) is 36.5 Å². The summed E-state index contributed by atoms with van der Waals surface area (Å²) in [6, 6.07) is 30.7. The molecule has 2 unspecified atom stereocenters. The Morgan fingerprint density at radius 1 is 0.581 bits per heavy atom. The zero-order valence-electron chi connectivity index (χ0n) is 70.7. The summed E-state index contributed by atoms with van der Waals surface area (Å²) in [6.07, 6.45) is 5.00. The zero-order chi connectivity index (χ0) is 91.3. The third kappa shape index (κ3) is 27.5. The van der Waals surface area contributed by atoms with Gasteiger partial charge in [-0.15, -0.1) is 0 Å². The molecule has 6 N–H and O–H groups in total. The first-order valence-electron chi connectivity index (χ1n) is 41.9. The Balaban J connectivity index is 0.836. The van der Waals surface area contributed by atoms with Gasteiger partial charge in [0.1, 0.15) is 70.8 Å². The summed E-state index contributed by atoms with van der Waals surface area (Å²) in [7, 11) is 0. The molecular formula is C90H95N19O20. The van der Waals surface area contributed by atoms with Gasteiger partial charge in [-0.25, -0.2) is 43.9 Å². The Morgan fingerprint density at radius 2 is 1.19 bits per heavy atom. The van der Waals surface area contributed by atoms with Gasteiger partial charge in [0.05, 0.1) is 38.8 Å². The number of aromatic nitrogens is 10. The van der Waals surface area contributed by atoms with Crippen LogP contribution in [0.3, 0.4) is 0 Å². The van der Waals surface area contributed by atoms with E-state index in [1.807, 2.05) is 6.07 Å². The molecule has 5 aliphatic rings. The molecule has 4 aromatic carbocycles. The number of aryl methyl sites for hydroxylation is 1. The van der Waals surface area contributed by atoms with Crippen LogP contribution in [0.5, 0.6) is 5.88 Å². The molecule has 0 fully saturated rings. The van der Waals surface area contributed by atoms with E-state index in [1.165, 1.54) is 50.7 Å². The first-order chi connectivity index (χ1) is 62.3. The number of hydrogen-bond donors (Lipinski definition) is 6. The Kier molecular flexibility index (Phi) is 32.6. The summed E-state index contributed by atoms with van der Waals surface area (Å²) in [5, 5.41) is 31.1. The summed E-state index contributed by atoms with van der Waals surface area (Å²) in [4.78, 5) is 239. The number of rotatable bonds is 12. The highest BCUT2D eigenvalue weighted by atomic mass is 16.6. The molecule has 9 aromatic rings. The molecule has 670 valence electrons. The molecule has 2 atom stereocenters. The topological polar surface area (TPSA) is 486 Å². The van der Waals surface area contributed by atoms with Gasteiger partial charge in [-0.3, -0.25) is 77.9 Å². The predicted octanol–water partition coefficient (Wildman–Crippen LogP) is 6.52. The van der Waals surface area contributed by atoms with Crippen LogP contribution in [0.2, 0.25) is 0 Å². The maximum Gasteiger partial charge on any atom is 0.414 e. The highest BCUT2D eigenvalue weighted by Gasteiger charge is 2.30. The van der Waals surface area contributed by atoms with Crippen molar-refractivity contribution >= 4 is 111 Å². The van der Waals surface area contributed by atoms with Crippen molar-refractivity contribution in [3.8, 4) is 29.6 Å². The predicted molar refractivity (Wildman–Crippen MR) is 462 cm³/mol. The summed E-state index contributed by atoms with van der Waals surface area (Å²) < 4.78 is 20.7. The number of amides is 9. The zero-order valence-corrected chi connectivity index (χ0v) is 70.7. The van der Waals surface area contributed by atoms with Crippen LogP contribution in [0.25, 0.3) is 22.3 Å². The number of imidazole rings is 2. The fraction of sp³-hybridized carbons (Fsp3) is 0.367. The third-order valence-electron chi connectivity index (χ3n) is 21.2. The number of alkyl carbamates (subject to hydrolysis) is 1. The molecule has 5 aliphatic heterocycles.